The lowest BCUT2D eigenvalue weighted by atomic mass is 10.1. The number of anilines is 2. The van der Waals surface area contributed by atoms with Gasteiger partial charge in [-0.3, -0.25) is 30.7 Å². The van der Waals surface area contributed by atoms with Crippen LogP contribution in [0.5, 0.6) is 11.5 Å². The van der Waals surface area contributed by atoms with Gasteiger partial charge in [0.25, 0.3) is 5.88 Å². The molecule has 0 saturated heterocycles. The molecule has 0 aromatic heterocycles. The summed E-state index contributed by atoms with van der Waals surface area (Å²) in [4.78, 5) is 34.3. The van der Waals surface area contributed by atoms with Crippen molar-refractivity contribution in [2.24, 2.45) is 21.5 Å². The molecular formula is C24H26N10O5. The highest BCUT2D eigenvalue weighted by Crippen LogP contribution is 2.32. The number of aliphatic carboxylic acids is 1. The predicted octanol–water partition coefficient (Wildman–Crippen LogP) is 0.300. The predicted molar refractivity (Wildman–Crippen MR) is 144 cm³/mol. The number of nitrogens with one attached hydrogen (secondary N) is 5. The normalized spacial score (nSPS) is 16.1. The summed E-state index contributed by atoms with van der Waals surface area (Å²) in [6.45, 7) is 0. The first-order valence-electron chi connectivity index (χ1n) is 11.4. The van der Waals surface area contributed by atoms with Crippen molar-refractivity contribution in [1.82, 2.24) is 10.6 Å². The second-order valence-electron chi connectivity index (χ2n) is 8.53. The molecule has 0 saturated carbocycles. The highest BCUT2D eigenvalue weighted by atomic mass is 16.5. The van der Waals surface area contributed by atoms with Gasteiger partial charge in [-0.2, -0.15) is 4.99 Å². The maximum Gasteiger partial charge on any atom is 0.306 e. The second-order valence-corrected chi connectivity index (χ2v) is 8.53. The third kappa shape index (κ3) is 6.04. The number of carbonyl (C=O) groups is 2. The van der Waals surface area contributed by atoms with E-state index in [-0.39, 0.29) is 46.7 Å². The van der Waals surface area contributed by atoms with Gasteiger partial charge in [0.1, 0.15) is 17.6 Å². The number of hydrogen-bond donors (Lipinski definition) is 8. The van der Waals surface area contributed by atoms with Gasteiger partial charge in [0.05, 0.1) is 17.8 Å². The number of guanidine groups is 1. The van der Waals surface area contributed by atoms with E-state index in [0.29, 0.717) is 16.9 Å². The van der Waals surface area contributed by atoms with Crippen molar-refractivity contribution in [2.45, 2.75) is 12.5 Å². The lowest BCUT2D eigenvalue weighted by molar-refractivity contribution is -0.139. The number of rotatable bonds is 8. The van der Waals surface area contributed by atoms with E-state index < -0.39 is 24.3 Å². The quantitative estimate of drug-likeness (QED) is 0.170. The molecule has 4 rings (SSSR count). The molecule has 2 heterocycles. The van der Waals surface area contributed by atoms with E-state index in [2.05, 4.69) is 25.9 Å². The van der Waals surface area contributed by atoms with Crippen molar-refractivity contribution in [1.29, 1.82) is 10.8 Å². The Kier molecular flexibility index (Phi) is 7.32. The van der Waals surface area contributed by atoms with Gasteiger partial charge in [-0.1, -0.05) is 12.1 Å². The van der Waals surface area contributed by atoms with Crippen LogP contribution in [-0.2, 0) is 9.59 Å². The Hall–Kier alpha value is -5.60. The standard InChI is InChI=1S/C24H26N10O5/c1-34(2)14-8-7-11(19(25)26)9-16(14)38-22-18-20(29-13(10-17(35)36)21(37)31-18)32-24(33-22)39-15-6-4-3-5-12(15)30-23(27)28/h3-9,13H,10H2,1-2H3,(H3,25,26)(H,31,37)(H,35,36)(H4,27,28,30)(H,29,32,33). The Labute approximate surface area is 222 Å². The molecule has 1 amide bonds. The molecule has 2 aromatic rings. The molecule has 10 N–H and O–H groups in total. The van der Waals surface area contributed by atoms with E-state index in [1.807, 2.05) is 0 Å². The molecule has 2 aliphatic rings. The molecule has 15 nitrogen and oxygen atoms in total. The molecule has 0 radical (unpaired) electrons. The fourth-order valence-corrected chi connectivity index (χ4v) is 3.64. The van der Waals surface area contributed by atoms with Crippen molar-refractivity contribution in [3.63, 3.8) is 0 Å². The zero-order valence-electron chi connectivity index (χ0n) is 20.9. The van der Waals surface area contributed by atoms with Crippen LogP contribution in [0.2, 0.25) is 0 Å². The van der Waals surface area contributed by atoms with Gasteiger partial charge < -0.3 is 41.6 Å². The molecule has 2 aromatic carbocycles. The molecule has 1 unspecified atom stereocenters. The monoisotopic (exact) mass is 534 g/mol. The molecule has 202 valence electrons. The summed E-state index contributed by atoms with van der Waals surface area (Å²) in [5.74, 6) is -1.90. The van der Waals surface area contributed by atoms with Crippen molar-refractivity contribution < 1.29 is 24.2 Å². The summed E-state index contributed by atoms with van der Waals surface area (Å²) < 4.78 is 12.1. The minimum atomic E-state index is -1.21. The van der Waals surface area contributed by atoms with Crippen LogP contribution in [-0.4, -0.2) is 60.8 Å². The summed E-state index contributed by atoms with van der Waals surface area (Å²) in [5.41, 5.74) is 12.6. The van der Waals surface area contributed by atoms with Crippen LogP contribution < -0.4 is 41.8 Å². The van der Waals surface area contributed by atoms with E-state index in [4.69, 9.17) is 31.8 Å². The van der Waals surface area contributed by atoms with E-state index in [1.54, 1.807) is 61.5 Å². The highest BCUT2D eigenvalue weighted by Gasteiger charge is 2.35. The fraction of sp³-hybridized carbons (Fsp3) is 0.167. The fourth-order valence-electron chi connectivity index (χ4n) is 3.64. The number of carbonyl (C=O) groups excluding carboxylic acids is 1. The molecule has 15 heteroatoms. The van der Waals surface area contributed by atoms with Crippen LogP contribution in [0.3, 0.4) is 0 Å². The van der Waals surface area contributed by atoms with Gasteiger partial charge in [0.15, 0.2) is 23.3 Å². The summed E-state index contributed by atoms with van der Waals surface area (Å²) in [6.07, 6.45) is -0.537. The molecule has 1 atom stereocenters. The lowest BCUT2D eigenvalue weighted by Crippen LogP contribution is -2.51. The zero-order chi connectivity index (χ0) is 28.3. The minimum absolute atomic E-state index is 0.0575. The minimum Gasteiger partial charge on any atom is -0.481 e. The molecule has 39 heavy (non-hydrogen) atoms. The van der Waals surface area contributed by atoms with Crippen molar-refractivity contribution in [3.05, 3.63) is 59.6 Å². The molecule has 0 bridgehead atoms. The van der Waals surface area contributed by atoms with Gasteiger partial charge in [-0.15, -0.1) is 0 Å². The number of amides is 1. The maximum atomic E-state index is 12.6. The van der Waals surface area contributed by atoms with Crippen LogP contribution in [0.1, 0.15) is 12.0 Å². The number of hydrogen-bond acceptors (Lipinski definition) is 10. The maximum absolute atomic E-state index is 12.6. The molecule has 2 aliphatic heterocycles. The Morgan fingerprint density at radius 3 is 2.54 bits per heavy atom. The summed E-state index contributed by atoms with van der Waals surface area (Å²) >= 11 is 0. The van der Waals surface area contributed by atoms with Gasteiger partial charge >= 0.3 is 12.0 Å². The highest BCUT2D eigenvalue weighted by molar-refractivity contribution is 6.14. The number of carboxylic acids is 1. The Morgan fingerprint density at radius 2 is 1.87 bits per heavy atom. The number of nitrogen functional groups attached to an aromatic ring is 1. The first kappa shape index (κ1) is 26.5. The average Bonchev–Trinajstić information content (AvgIpc) is 2.85. The smallest absolute Gasteiger partial charge is 0.306 e. The topological polar surface area (TPSA) is 237 Å². The summed E-state index contributed by atoms with van der Waals surface area (Å²) in [6, 6.07) is 10.2. The number of nitrogens with two attached hydrogens (primary N) is 2. The van der Waals surface area contributed by atoms with Crippen LogP contribution >= 0.6 is 0 Å². The van der Waals surface area contributed by atoms with Gasteiger partial charge in [-0.25, -0.2) is 0 Å². The van der Waals surface area contributed by atoms with Crippen LogP contribution in [0.4, 0.5) is 11.4 Å². The largest absolute Gasteiger partial charge is 0.481 e. The first-order valence-corrected chi connectivity index (χ1v) is 11.4. The third-order valence-electron chi connectivity index (χ3n) is 5.41. The number of ether oxygens (including phenoxy) is 2. The van der Waals surface area contributed by atoms with Crippen LogP contribution in [0, 0.1) is 10.8 Å². The average molecular weight is 535 g/mol. The van der Waals surface area contributed by atoms with Gasteiger partial charge in [0, 0.05) is 19.7 Å². The van der Waals surface area contributed by atoms with Crippen molar-refractivity contribution in [3.8, 4) is 11.5 Å². The summed E-state index contributed by atoms with van der Waals surface area (Å²) in [7, 11) is 3.58. The Bertz CT molecular complexity index is 1460. The number of fused-ring (bicyclic) bond motifs is 1. The summed E-state index contributed by atoms with van der Waals surface area (Å²) in [5, 5.41) is 32.6. The SMILES string of the molecule is CN(C)c1ccc(C(=N)N)cc1OC1=C2NC(=O)C(CC(=O)O)N=C2NC(Oc2ccccc2NC(=N)N)=N1. The molecular weight excluding hydrogens is 508 g/mol. The lowest BCUT2D eigenvalue weighted by Gasteiger charge is -2.28. The number of aliphatic imine (C=N–C) groups is 2. The number of para-hydroxylation sites is 2. The van der Waals surface area contributed by atoms with E-state index >= 15 is 0 Å². The van der Waals surface area contributed by atoms with Gasteiger partial charge in [0.2, 0.25) is 5.91 Å². The number of benzene rings is 2. The third-order valence-corrected chi connectivity index (χ3v) is 5.41. The van der Waals surface area contributed by atoms with E-state index in [0.717, 1.165) is 0 Å². The zero-order valence-corrected chi connectivity index (χ0v) is 20.9. The van der Waals surface area contributed by atoms with Crippen LogP contribution in [0.25, 0.3) is 0 Å². The van der Waals surface area contributed by atoms with E-state index in [1.165, 1.54) is 0 Å². The molecule has 0 aliphatic carbocycles. The molecule has 0 fully saturated rings. The number of nitrogens with zero attached hydrogens (tertiary/aromatic N) is 3. The number of amidine groups is 3. The van der Waals surface area contributed by atoms with Gasteiger partial charge in [-0.05, 0) is 30.3 Å². The molecule has 0 spiro atoms. The van der Waals surface area contributed by atoms with Crippen molar-refractivity contribution in [2.75, 3.05) is 24.3 Å². The first-order chi connectivity index (χ1) is 18.5. The van der Waals surface area contributed by atoms with Crippen molar-refractivity contribution >= 4 is 46.9 Å². The Morgan fingerprint density at radius 1 is 1.13 bits per heavy atom. The van der Waals surface area contributed by atoms with E-state index in [9.17, 15) is 14.7 Å². The number of carboxylic acid groups (broad SMARTS) is 1. The second kappa shape index (κ2) is 10.8. The van der Waals surface area contributed by atoms with Crippen LogP contribution in [0.15, 0.2) is 64.0 Å². The Balaban J connectivity index is 1.80.